The van der Waals surface area contributed by atoms with E-state index < -0.39 is 16.2 Å². The van der Waals surface area contributed by atoms with Gasteiger partial charge < -0.3 is 5.32 Å². The average molecular weight is 413 g/mol. The highest BCUT2D eigenvalue weighted by atomic mass is 35.5. The molecule has 4 rings (SSSR count). The van der Waals surface area contributed by atoms with Crippen molar-refractivity contribution in [2.75, 3.05) is 5.32 Å². The molecular weight excluding hydrogens is 392 g/mol. The van der Waals surface area contributed by atoms with Crippen molar-refractivity contribution in [2.45, 2.75) is 31.5 Å². The third-order valence-corrected chi connectivity index (χ3v) is 7.30. The molecule has 0 fully saturated rings. The highest BCUT2D eigenvalue weighted by molar-refractivity contribution is 7.89. The van der Waals surface area contributed by atoms with Crippen molar-refractivity contribution < 1.29 is 8.42 Å². The topological polar surface area (TPSA) is 49.4 Å². The van der Waals surface area contributed by atoms with Crippen LogP contribution in [0.2, 0.25) is 5.02 Å². The lowest BCUT2D eigenvalue weighted by atomic mass is 10.0. The zero-order chi connectivity index (χ0) is 19.9. The van der Waals surface area contributed by atoms with Crippen LogP contribution < -0.4 is 5.32 Å². The Labute approximate surface area is 170 Å². The molecule has 144 valence electrons. The number of halogens is 1. The maximum atomic E-state index is 13.5. The maximum absolute atomic E-state index is 13.5. The molecule has 1 aliphatic rings. The normalized spacial score (nSPS) is 18.3. The van der Waals surface area contributed by atoms with Gasteiger partial charge in [0.25, 0.3) is 0 Å². The number of fused-ring (bicyclic) bond motifs is 1. The van der Waals surface area contributed by atoms with E-state index >= 15 is 0 Å². The van der Waals surface area contributed by atoms with Crippen LogP contribution in [0.1, 0.15) is 28.4 Å². The quantitative estimate of drug-likeness (QED) is 0.637. The van der Waals surface area contributed by atoms with E-state index in [1.54, 1.807) is 24.3 Å². The molecule has 3 aromatic rings. The Kier molecular flexibility index (Phi) is 4.91. The van der Waals surface area contributed by atoms with Crippen LogP contribution in [0, 0.1) is 13.8 Å². The van der Waals surface area contributed by atoms with Crippen molar-refractivity contribution >= 4 is 27.3 Å². The van der Waals surface area contributed by atoms with Gasteiger partial charge in [-0.15, -0.1) is 0 Å². The van der Waals surface area contributed by atoms with Crippen LogP contribution in [0.3, 0.4) is 0 Å². The van der Waals surface area contributed by atoms with E-state index in [1.807, 2.05) is 56.3 Å². The first-order chi connectivity index (χ1) is 13.4. The molecule has 0 saturated carbocycles. The van der Waals surface area contributed by atoms with Gasteiger partial charge in [0.1, 0.15) is 11.1 Å². The van der Waals surface area contributed by atoms with Crippen LogP contribution in [0.25, 0.3) is 0 Å². The van der Waals surface area contributed by atoms with Gasteiger partial charge in [-0.2, -0.15) is 4.31 Å². The number of hydrogen-bond acceptors (Lipinski definition) is 3. The van der Waals surface area contributed by atoms with Gasteiger partial charge in [-0.05, 0) is 43.2 Å². The Bertz CT molecular complexity index is 1140. The lowest BCUT2D eigenvalue weighted by molar-refractivity contribution is 0.335. The molecule has 3 aromatic carbocycles. The van der Waals surface area contributed by atoms with Crippen LogP contribution in [0.4, 0.5) is 5.69 Å². The van der Waals surface area contributed by atoms with E-state index in [4.69, 9.17) is 11.6 Å². The zero-order valence-electron chi connectivity index (χ0n) is 15.7. The number of benzene rings is 3. The SMILES string of the molecule is Cc1ccc(C)c(CN2[C@@H](c3ccccc3Cl)Nc3ccccc3S2(=O)=O)c1. The van der Waals surface area contributed by atoms with Crippen molar-refractivity contribution in [3.8, 4) is 0 Å². The Morgan fingerprint density at radius 3 is 2.50 bits per heavy atom. The van der Waals surface area contributed by atoms with Crippen molar-refractivity contribution in [1.29, 1.82) is 0 Å². The average Bonchev–Trinajstić information content (AvgIpc) is 2.67. The second kappa shape index (κ2) is 7.24. The first-order valence-electron chi connectivity index (χ1n) is 9.06. The number of nitrogens with zero attached hydrogens (tertiary/aromatic N) is 1. The first-order valence-corrected chi connectivity index (χ1v) is 10.9. The van der Waals surface area contributed by atoms with Gasteiger partial charge >= 0.3 is 0 Å². The Hall–Kier alpha value is -2.34. The number of rotatable bonds is 3. The standard InChI is InChI=1S/C22H21ClN2O2S/c1-15-11-12-16(2)17(13-15)14-25-22(18-7-3-4-8-19(18)23)24-20-9-5-6-10-21(20)28(25,26)27/h3-13,22,24H,14H2,1-2H3/t22-/m0/s1. The molecule has 0 bridgehead atoms. The molecule has 0 saturated heterocycles. The first kappa shape index (κ1) is 19.0. The smallest absolute Gasteiger partial charge is 0.247 e. The molecule has 0 amide bonds. The van der Waals surface area contributed by atoms with E-state index in [-0.39, 0.29) is 11.4 Å². The van der Waals surface area contributed by atoms with Crippen molar-refractivity contribution in [1.82, 2.24) is 4.31 Å². The predicted octanol–water partition coefficient (Wildman–Crippen LogP) is 5.27. The summed E-state index contributed by atoms with van der Waals surface area (Å²) in [4.78, 5) is 0.281. The van der Waals surface area contributed by atoms with E-state index in [1.165, 1.54) is 4.31 Å². The Balaban J connectivity index is 1.88. The van der Waals surface area contributed by atoms with Gasteiger partial charge in [0.05, 0.1) is 5.69 Å². The minimum atomic E-state index is -3.71. The summed E-state index contributed by atoms with van der Waals surface area (Å²) in [6, 6.07) is 20.4. The molecule has 0 aromatic heterocycles. The zero-order valence-corrected chi connectivity index (χ0v) is 17.3. The number of para-hydroxylation sites is 1. The molecule has 1 aliphatic heterocycles. The van der Waals surface area contributed by atoms with Crippen LogP contribution >= 0.6 is 11.6 Å². The van der Waals surface area contributed by atoms with Gasteiger partial charge in [-0.3, -0.25) is 0 Å². The summed E-state index contributed by atoms with van der Waals surface area (Å²) in [6.07, 6.45) is -0.589. The molecule has 0 radical (unpaired) electrons. The van der Waals surface area contributed by atoms with Crippen LogP contribution in [-0.2, 0) is 16.6 Å². The monoisotopic (exact) mass is 412 g/mol. The summed E-state index contributed by atoms with van der Waals surface area (Å²) >= 11 is 6.44. The molecule has 1 N–H and O–H groups in total. The fraction of sp³-hybridized carbons (Fsp3) is 0.182. The number of sulfonamides is 1. The van der Waals surface area contributed by atoms with Crippen LogP contribution in [0.15, 0.2) is 71.6 Å². The Morgan fingerprint density at radius 2 is 1.71 bits per heavy atom. The summed E-state index contributed by atoms with van der Waals surface area (Å²) in [5, 5.41) is 3.90. The third-order valence-electron chi connectivity index (χ3n) is 5.08. The van der Waals surface area contributed by atoms with E-state index in [2.05, 4.69) is 5.32 Å². The van der Waals surface area contributed by atoms with Crippen molar-refractivity contribution in [3.05, 3.63) is 94.0 Å². The molecule has 28 heavy (non-hydrogen) atoms. The summed E-state index contributed by atoms with van der Waals surface area (Å²) in [6.45, 7) is 4.26. The fourth-order valence-corrected chi connectivity index (χ4v) is 5.44. The van der Waals surface area contributed by atoms with Crippen LogP contribution in [-0.4, -0.2) is 12.7 Å². The van der Waals surface area contributed by atoms with Crippen molar-refractivity contribution in [3.63, 3.8) is 0 Å². The minimum absolute atomic E-state index is 0.257. The third kappa shape index (κ3) is 3.30. The number of aryl methyl sites for hydroxylation is 2. The van der Waals surface area contributed by atoms with Gasteiger partial charge in [-0.1, -0.05) is 65.7 Å². The van der Waals surface area contributed by atoms with E-state index in [0.717, 1.165) is 22.3 Å². The number of anilines is 1. The highest BCUT2D eigenvalue weighted by Crippen LogP contribution is 2.41. The van der Waals surface area contributed by atoms with Crippen LogP contribution in [0.5, 0.6) is 0 Å². The molecule has 1 atom stereocenters. The number of nitrogens with one attached hydrogen (secondary N) is 1. The molecule has 0 unspecified atom stereocenters. The molecule has 0 spiro atoms. The molecule has 1 heterocycles. The molecule has 4 nitrogen and oxygen atoms in total. The van der Waals surface area contributed by atoms with Gasteiger partial charge in [0, 0.05) is 17.1 Å². The summed E-state index contributed by atoms with van der Waals surface area (Å²) < 4.78 is 28.6. The maximum Gasteiger partial charge on any atom is 0.247 e. The second-order valence-electron chi connectivity index (χ2n) is 7.04. The molecular formula is C22H21ClN2O2S. The van der Waals surface area contributed by atoms with Gasteiger partial charge in [0.15, 0.2) is 0 Å². The second-order valence-corrected chi connectivity index (χ2v) is 9.31. The fourth-order valence-electron chi connectivity index (χ4n) is 3.54. The lowest BCUT2D eigenvalue weighted by Gasteiger charge is -2.38. The van der Waals surface area contributed by atoms with Crippen molar-refractivity contribution in [2.24, 2.45) is 0 Å². The minimum Gasteiger partial charge on any atom is -0.364 e. The van der Waals surface area contributed by atoms with E-state index in [9.17, 15) is 8.42 Å². The summed E-state index contributed by atoms with van der Waals surface area (Å²) in [5.41, 5.74) is 4.44. The van der Waals surface area contributed by atoms with Gasteiger partial charge in [-0.25, -0.2) is 8.42 Å². The largest absolute Gasteiger partial charge is 0.364 e. The molecule has 6 heteroatoms. The van der Waals surface area contributed by atoms with Gasteiger partial charge in [0.2, 0.25) is 10.0 Å². The summed E-state index contributed by atoms with van der Waals surface area (Å²) in [7, 11) is -3.71. The lowest BCUT2D eigenvalue weighted by Crippen LogP contribution is -2.42. The molecule has 0 aliphatic carbocycles. The number of hydrogen-bond donors (Lipinski definition) is 1. The summed E-state index contributed by atoms with van der Waals surface area (Å²) in [5.74, 6) is 0. The highest BCUT2D eigenvalue weighted by Gasteiger charge is 2.39. The predicted molar refractivity (Wildman–Crippen MR) is 113 cm³/mol. The van der Waals surface area contributed by atoms with E-state index in [0.29, 0.717) is 10.7 Å². The Morgan fingerprint density at radius 1 is 1.00 bits per heavy atom.